The van der Waals surface area contributed by atoms with Crippen molar-refractivity contribution in [2.75, 3.05) is 0 Å². The van der Waals surface area contributed by atoms with E-state index in [2.05, 4.69) is 19.2 Å². The molecule has 0 bridgehead atoms. The number of allylic oxidation sites excluding steroid dienone is 1. The smallest absolute Gasteiger partial charge is 0.217 e. The SMILES string of the molecule is CC(=O)NC1C(=O)CC2C3CCC4=CC(=O)CC[C@]4(C)C3CC[C@]12C. The van der Waals surface area contributed by atoms with Crippen LogP contribution in [0, 0.1) is 28.6 Å². The van der Waals surface area contributed by atoms with E-state index in [0.29, 0.717) is 30.6 Å². The Morgan fingerprint density at radius 2 is 1.88 bits per heavy atom. The van der Waals surface area contributed by atoms with E-state index in [9.17, 15) is 14.4 Å². The highest BCUT2D eigenvalue weighted by Crippen LogP contribution is 2.64. The van der Waals surface area contributed by atoms with Crippen LogP contribution >= 0.6 is 0 Å². The van der Waals surface area contributed by atoms with Crippen molar-refractivity contribution < 1.29 is 14.4 Å². The molecule has 0 radical (unpaired) electrons. The molecule has 4 aliphatic carbocycles. The minimum Gasteiger partial charge on any atom is -0.346 e. The Kier molecular flexibility index (Phi) is 3.75. The van der Waals surface area contributed by atoms with Gasteiger partial charge in [-0.2, -0.15) is 0 Å². The predicted molar refractivity (Wildman–Crippen MR) is 94.7 cm³/mol. The molecule has 0 aliphatic heterocycles. The molecule has 0 aromatic rings. The van der Waals surface area contributed by atoms with Gasteiger partial charge in [0.25, 0.3) is 0 Å². The summed E-state index contributed by atoms with van der Waals surface area (Å²) in [5, 5.41) is 2.95. The number of ketones is 2. The van der Waals surface area contributed by atoms with Gasteiger partial charge in [-0.05, 0) is 66.8 Å². The molecule has 4 nitrogen and oxygen atoms in total. The highest BCUT2D eigenvalue weighted by Gasteiger charge is 2.61. The van der Waals surface area contributed by atoms with Gasteiger partial charge >= 0.3 is 0 Å². The minimum atomic E-state index is -0.311. The van der Waals surface area contributed by atoms with Gasteiger partial charge in [0.05, 0.1) is 6.04 Å². The molecule has 136 valence electrons. The molecule has 3 saturated carbocycles. The van der Waals surface area contributed by atoms with Crippen molar-refractivity contribution in [1.82, 2.24) is 5.32 Å². The summed E-state index contributed by atoms with van der Waals surface area (Å²) in [6.07, 6.45) is 8.33. The summed E-state index contributed by atoms with van der Waals surface area (Å²) in [5.74, 6) is 1.88. The Balaban J connectivity index is 1.66. The third-order valence-corrected chi connectivity index (χ3v) is 8.15. The minimum absolute atomic E-state index is 0.103. The number of rotatable bonds is 1. The largest absolute Gasteiger partial charge is 0.346 e. The first-order valence-corrected chi connectivity index (χ1v) is 9.79. The molecular weight excluding hydrogens is 314 g/mol. The molecule has 25 heavy (non-hydrogen) atoms. The zero-order valence-corrected chi connectivity index (χ0v) is 15.6. The van der Waals surface area contributed by atoms with Gasteiger partial charge in [0.15, 0.2) is 11.6 Å². The maximum absolute atomic E-state index is 12.7. The van der Waals surface area contributed by atoms with E-state index in [4.69, 9.17) is 0 Å². The number of hydrogen-bond donors (Lipinski definition) is 1. The number of Topliss-reactive ketones (excluding diaryl/α,β-unsaturated/α-hetero) is 1. The Morgan fingerprint density at radius 3 is 2.60 bits per heavy atom. The average Bonchev–Trinajstić information content (AvgIpc) is 2.79. The van der Waals surface area contributed by atoms with E-state index < -0.39 is 0 Å². The zero-order chi connectivity index (χ0) is 18.0. The second kappa shape index (κ2) is 5.52. The maximum Gasteiger partial charge on any atom is 0.217 e. The third-order valence-electron chi connectivity index (χ3n) is 8.15. The average molecular weight is 343 g/mol. The van der Waals surface area contributed by atoms with Crippen LogP contribution < -0.4 is 5.32 Å². The fraction of sp³-hybridized carbons (Fsp3) is 0.762. The normalized spacial score (nSPS) is 46.0. The van der Waals surface area contributed by atoms with E-state index in [1.165, 1.54) is 12.5 Å². The number of carbonyl (C=O) groups is 3. The summed E-state index contributed by atoms with van der Waals surface area (Å²) in [6, 6.07) is -0.311. The topological polar surface area (TPSA) is 63.2 Å². The van der Waals surface area contributed by atoms with Crippen molar-refractivity contribution in [3.05, 3.63) is 11.6 Å². The molecule has 4 unspecified atom stereocenters. The van der Waals surface area contributed by atoms with Crippen LogP contribution in [0.25, 0.3) is 0 Å². The molecule has 0 spiro atoms. The Morgan fingerprint density at radius 1 is 1.12 bits per heavy atom. The number of carbonyl (C=O) groups excluding carboxylic acids is 3. The molecular formula is C21H29NO3. The maximum atomic E-state index is 12.7. The molecule has 0 aromatic heterocycles. The molecule has 6 atom stereocenters. The number of hydrogen-bond acceptors (Lipinski definition) is 3. The quantitative estimate of drug-likeness (QED) is 0.795. The summed E-state index contributed by atoms with van der Waals surface area (Å²) in [4.78, 5) is 36.2. The van der Waals surface area contributed by atoms with Gasteiger partial charge in [0.1, 0.15) is 0 Å². The van der Waals surface area contributed by atoms with Crippen molar-refractivity contribution in [3.8, 4) is 0 Å². The first-order chi connectivity index (χ1) is 11.8. The second-order valence-corrected chi connectivity index (χ2v) is 9.32. The number of fused-ring (bicyclic) bond motifs is 5. The van der Waals surface area contributed by atoms with Crippen molar-refractivity contribution >= 4 is 17.5 Å². The molecule has 4 rings (SSSR count). The number of amides is 1. The Bertz CT molecular complexity index is 681. The molecule has 0 saturated heterocycles. The van der Waals surface area contributed by atoms with Gasteiger partial charge in [-0.1, -0.05) is 19.4 Å². The van der Waals surface area contributed by atoms with Crippen LogP contribution in [-0.2, 0) is 14.4 Å². The van der Waals surface area contributed by atoms with E-state index in [0.717, 1.165) is 32.1 Å². The molecule has 4 aliphatic rings. The summed E-state index contributed by atoms with van der Waals surface area (Å²) >= 11 is 0. The van der Waals surface area contributed by atoms with Crippen LogP contribution in [0.4, 0.5) is 0 Å². The van der Waals surface area contributed by atoms with Crippen LogP contribution in [-0.4, -0.2) is 23.5 Å². The lowest BCUT2D eigenvalue weighted by molar-refractivity contribution is -0.127. The van der Waals surface area contributed by atoms with E-state index in [1.54, 1.807) is 0 Å². The molecule has 1 N–H and O–H groups in total. The zero-order valence-electron chi connectivity index (χ0n) is 15.6. The van der Waals surface area contributed by atoms with Gasteiger partial charge in [-0.25, -0.2) is 0 Å². The highest BCUT2D eigenvalue weighted by molar-refractivity contribution is 5.92. The molecule has 0 aromatic carbocycles. The fourth-order valence-corrected chi connectivity index (χ4v) is 6.80. The van der Waals surface area contributed by atoms with Crippen LogP contribution in [0.2, 0.25) is 0 Å². The standard InChI is InChI=1S/C21H29NO3/c1-12(23)22-19-18(25)11-17-15-5-4-13-10-14(24)6-8-20(13,2)16(15)7-9-21(17,19)3/h10,15-17,19H,4-9,11H2,1-3H3,(H,22,23)/t15?,16?,17?,19?,20-,21-/m0/s1. The van der Waals surface area contributed by atoms with Crippen molar-refractivity contribution in [3.63, 3.8) is 0 Å². The van der Waals surface area contributed by atoms with Gasteiger partial charge < -0.3 is 5.32 Å². The van der Waals surface area contributed by atoms with E-state index in [-0.39, 0.29) is 34.3 Å². The van der Waals surface area contributed by atoms with E-state index in [1.807, 2.05) is 6.08 Å². The summed E-state index contributed by atoms with van der Waals surface area (Å²) in [6.45, 7) is 6.08. The first kappa shape index (κ1) is 17.0. The van der Waals surface area contributed by atoms with Gasteiger partial charge in [0, 0.05) is 19.8 Å². The van der Waals surface area contributed by atoms with E-state index >= 15 is 0 Å². The van der Waals surface area contributed by atoms with Crippen LogP contribution in [0.5, 0.6) is 0 Å². The van der Waals surface area contributed by atoms with Crippen molar-refractivity contribution in [2.24, 2.45) is 28.6 Å². The van der Waals surface area contributed by atoms with Crippen LogP contribution in [0.3, 0.4) is 0 Å². The predicted octanol–water partition coefficient (Wildman–Crippen LogP) is 3.20. The summed E-state index contributed by atoms with van der Waals surface area (Å²) in [5.41, 5.74) is 1.38. The third kappa shape index (κ3) is 2.36. The van der Waals surface area contributed by atoms with Crippen LogP contribution in [0.1, 0.15) is 65.7 Å². The molecule has 3 fully saturated rings. The lowest BCUT2D eigenvalue weighted by Crippen LogP contribution is -2.54. The second-order valence-electron chi connectivity index (χ2n) is 9.32. The summed E-state index contributed by atoms with van der Waals surface area (Å²) < 4.78 is 0. The highest BCUT2D eigenvalue weighted by atomic mass is 16.2. The Hall–Kier alpha value is -1.45. The Labute approximate surface area is 149 Å². The van der Waals surface area contributed by atoms with Gasteiger partial charge in [-0.3, -0.25) is 14.4 Å². The first-order valence-electron chi connectivity index (χ1n) is 9.79. The molecule has 4 heteroatoms. The monoisotopic (exact) mass is 343 g/mol. The lowest BCUT2D eigenvalue weighted by atomic mass is 9.47. The molecule has 1 amide bonds. The van der Waals surface area contributed by atoms with Gasteiger partial charge in [-0.15, -0.1) is 0 Å². The van der Waals surface area contributed by atoms with Crippen molar-refractivity contribution in [1.29, 1.82) is 0 Å². The van der Waals surface area contributed by atoms with Gasteiger partial charge in [0.2, 0.25) is 5.91 Å². The molecule has 0 heterocycles. The fourth-order valence-electron chi connectivity index (χ4n) is 6.80. The van der Waals surface area contributed by atoms with Crippen molar-refractivity contribution in [2.45, 2.75) is 71.8 Å². The summed E-state index contributed by atoms with van der Waals surface area (Å²) in [7, 11) is 0. The lowest BCUT2D eigenvalue weighted by Gasteiger charge is -2.57. The number of nitrogens with one attached hydrogen (secondary N) is 1. The van der Waals surface area contributed by atoms with Crippen LogP contribution in [0.15, 0.2) is 11.6 Å².